The lowest BCUT2D eigenvalue weighted by molar-refractivity contribution is -0.145. The van der Waals surface area contributed by atoms with E-state index in [-0.39, 0.29) is 23.5 Å². The molecule has 0 spiro atoms. The Kier molecular flexibility index (Phi) is 5.98. The molecule has 2 rings (SSSR count). The molecule has 0 saturated heterocycles. The van der Waals surface area contributed by atoms with Gasteiger partial charge in [-0.2, -0.15) is 0 Å². The van der Waals surface area contributed by atoms with Crippen LogP contribution in [0.3, 0.4) is 0 Å². The van der Waals surface area contributed by atoms with Crippen LogP contribution in [0.4, 0.5) is 0 Å². The van der Waals surface area contributed by atoms with Crippen LogP contribution in [0.15, 0.2) is 18.2 Å². The molecular weight excluding hydrogens is 312 g/mol. The van der Waals surface area contributed by atoms with Crippen molar-refractivity contribution in [2.75, 3.05) is 6.61 Å². The quantitative estimate of drug-likeness (QED) is 0.807. The Bertz CT molecular complexity index is 572. The molecule has 3 nitrogen and oxygen atoms in total. The van der Waals surface area contributed by atoms with Gasteiger partial charge in [-0.05, 0) is 52.7 Å². The van der Waals surface area contributed by atoms with Crippen LogP contribution in [-0.4, -0.2) is 23.8 Å². The SMILES string of the molecule is CC(C)(C)c1cc(C[C@H]2CCC[C@H]2OCC(=O)O)cc(C(C)(C)C)c1. The number of rotatable bonds is 5. The number of benzene rings is 1. The average molecular weight is 347 g/mol. The Morgan fingerprint density at radius 1 is 1.04 bits per heavy atom. The van der Waals surface area contributed by atoms with Crippen molar-refractivity contribution in [3.8, 4) is 0 Å². The predicted molar refractivity (Wildman–Crippen MR) is 102 cm³/mol. The fourth-order valence-electron chi connectivity index (χ4n) is 3.61. The molecule has 1 aliphatic carbocycles. The van der Waals surface area contributed by atoms with Crippen molar-refractivity contribution in [2.45, 2.75) is 84.2 Å². The van der Waals surface area contributed by atoms with Gasteiger partial charge in [-0.25, -0.2) is 4.79 Å². The molecule has 0 aliphatic heterocycles. The van der Waals surface area contributed by atoms with E-state index in [1.54, 1.807) is 0 Å². The summed E-state index contributed by atoms with van der Waals surface area (Å²) in [5.41, 5.74) is 4.33. The molecule has 140 valence electrons. The molecule has 1 N–H and O–H groups in total. The van der Waals surface area contributed by atoms with E-state index < -0.39 is 5.97 Å². The van der Waals surface area contributed by atoms with Gasteiger partial charge in [0.15, 0.2) is 0 Å². The molecule has 1 aliphatic rings. The van der Waals surface area contributed by atoms with Gasteiger partial charge >= 0.3 is 5.97 Å². The lowest BCUT2D eigenvalue weighted by Gasteiger charge is -2.27. The minimum absolute atomic E-state index is 0.0764. The molecule has 0 bridgehead atoms. The normalized spacial score (nSPS) is 21.5. The molecule has 0 heterocycles. The number of hydrogen-bond donors (Lipinski definition) is 1. The summed E-state index contributed by atoms with van der Waals surface area (Å²) >= 11 is 0. The number of carboxylic acids is 1. The predicted octanol–water partition coefficient (Wildman–Crippen LogP) is 5.09. The third-order valence-corrected chi connectivity index (χ3v) is 5.23. The average Bonchev–Trinajstić information content (AvgIpc) is 2.90. The Labute approximate surface area is 152 Å². The smallest absolute Gasteiger partial charge is 0.329 e. The Morgan fingerprint density at radius 3 is 2.08 bits per heavy atom. The molecule has 1 saturated carbocycles. The summed E-state index contributed by atoms with van der Waals surface area (Å²) < 4.78 is 5.64. The second kappa shape index (κ2) is 7.49. The Morgan fingerprint density at radius 2 is 1.60 bits per heavy atom. The van der Waals surface area contributed by atoms with Crippen molar-refractivity contribution >= 4 is 5.97 Å². The van der Waals surface area contributed by atoms with Crippen LogP contribution >= 0.6 is 0 Å². The largest absolute Gasteiger partial charge is 0.480 e. The molecular formula is C22H34O3. The van der Waals surface area contributed by atoms with E-state index >= 15 is 0 Å². The topological polar surface area (TPSA) is 46.5 Å². The van der Waals surface area contributed by atoms with Gasteiger partial charge in [0, 0.05) is 0 Å². The number of carboxylic acid groups (broad SMARTS) is 1. The third-order valence-electron chi connectivity index (χ3n) is 5.23. The number of hydrogen-bond acceptors (Lipinski definition) is 2. The minimum Gasteiger partial charge on any atom is -0.480 e. The van der Waals surface area contributed by atoms with Crippen LogP contribution in [0.1, 0.15) is 77.5 Å². The molecule has 1 aromatic rings. The van der Waals surface area contributed by atoms with E-state index in [0.717, 1.165) is 25.7 Å². The van der Waals surface area contributed by atoms with Crippen molar-refractivity contribution in [2.24, 2.45) is 5.92 Å². The molecule has 0 amide bonds. The van der Waals surface area contributed by atoms with Gasteiger partial charge in [0.25, 0.3) is 0 Å². The number of aliphatic carboxylic acids is 1. The van der Waals surface area contributed by atoms with E-state index in [9.17, 15) is 4.79 Å². The zero-order chi connectivity index (χ0) is 18.8. The molecule has 1 aromatic carbocycles. The minimum atomic E-state index is -0.879. The van der Waals surface area contributed by atoms with Crippen LogP contribution < -0.4 is 0 Å². The maximum atomic E-state index is 10.8. The van der Waals surface area contributed by atoms with Gasteiger partial charge in [-0.15, -0.1) is 0 Å². The molecule has 2 atom stereocenters. The first kappa shape index (κ1) is 20.0. The Hall–Kier alpha value is -1.35. The summed E-state index contributed by atoms with van der Waals surface area (Å²) in [5.74, 6) is -0.460. The fourth-order valence-corrected chi connectivity index (χ4v) is 3.61. The summed E-state index contributed by atoms with van der Waals surface area (Å²) in [6, 6.07) is 7.01. The standard InChI is InChI=1S/C22H34O3/c1-21(2,3)17-11-15(12-18(13-17)22(4,5)6)10-16-8-7-9-19(16)25-14-20(23)24/h11-13,16,19H,7-10,14H2,1-6H3,(H,23,24)/t16-,19-/m1/s1. The summed E-state index contributed by atoms with van der Waals surface area (Å²) in [7, 11) is 0. The van der Waals surface area contributed by atoms with Crippen molar-refractivity contribution in [3.63, 3.8) is 0 Å². The number of carbonyl (C=O) groups is 1. The Balaban J connectivity index is 2.24. The highest BCUT2D eigenvalue weighted by atomic mass is 16.5. The van der Waals surface area contributed by atoms with Gasteiger partial charge in [-0.1, -0.05) is 66.2 Å². The van der Waals surface area contributed by atoms with Crippen molar-refractivity contribution in [1.29, 1.82) is 0 Å². The van der Waals surface area contributed by atoms with E-state index in [2.05, 4.69) is 59.7 Å². The van der Waals surface area contributed by atoms with Crippen LogP contribution in [0, 0.1) is 5.92 Å². The van der Waals surface area contributed by atoms with E-state index in [4.69, 9.17) is 9.84 Å². The van der Waals surface area contributed by atoms with Crippen LogP contribution in [-0.2, 0) is 26.8 Å². The molecule has 3 heteroatoms. The van der Waals surface area contributed by atoms with Gasteiger partial charge in [0.05, 0.1) is 6.10 Å². The first-order valence-corrected chi connectivity index (χ1v) is 9.45. The highest BCUT2D eigenvalue weighted by molar-refractivity contribution is 5.68. The molecule has 0 unspecified atom stereocenters. The first-order valence-electron chi connectivity index (χ1n) is 9.45. The molecule has 25 heavy (non-hydrogen) atoms. The molecule has 0 aromatic heterocycles. The van der Waals surface area contributed by atoms with E-state index in [1.807, 2.05) is 0 Å². The molecule has 1 fully saturated rings. The van der Waals surface area contributed by atoms with Crippen molar-refractivity contribution < 1.29 is 14.6 Å². The second-order valence-electron chi connectivity index (χ2n) is 9.56. The summed E-state index contributed by atoms with van der Waals surface area (Å²) in [4.78, 5) is 10.8. The first-order chi connectivity index (χ1) is 11.5. The van der Waals surface area contributed by atoms with E-state index in [0.29, 0.717) is 5.92 Å². The maximum Gasteiger partial charge on any atom is 0.329 e. The second-order valence-corrected chi connectivity index (χ2v) is 9.56. The van der Waals surface area contributed by atoms with Gasteiger partial charge in [-0.3, -0.25) is 0 Å². The molecule has 0 radical (unpaired) electrons. The summed E-state index contributed by atoms with van der Waals surface area (Å²) in [6.45, 7) is 13.4. The lowest BCUT2D eigenvalue weighted by atomic mass is 9.78. The van der Waals surface area contributed by atoms with Crippen LogP contribution in [0.5, 0.6) is 0 Å². The highest BCUT2D eigenvalue weighted by Crippen LogP contribution is 2.35. The zero-order valence-electron chi connectivity index (χ0n) is 16.7. The van der Waals surface area contributed by atoms with Gasteiger partial charge < -0.3 is 9.84 Å². The summed E-state index contributed by atoms with van der Waals surface area (Å²) in [6.07, 6.45) is 4.27. The van der Waals surface area contributed by atoms with Crippen LogP contribution in [0.2, 0.25) is 0 Å². The highest BCUT2D eigenvalue weighted by Gasteiger charge is 2.29. The number of ether oxygens (including phenoxy) is 1. The monoisotopic (exact) mass is 346 g/mol. The zero-order valence-corrected chi connectivity index (χ0v) is 16.7. The van der Waals surface area contributed by atoms with Crippen molar-refractivity contribution in [3.05, 3.63) is 34.9 Å². The third kappa shape index (κ3) is 5.57. The van der Waals surface area contributed by atoms with Gasteiger partial charge in [0.1, 0.15) is 6.61 Å². The summed E-state index contributed by atoms with van der Waals surface area (Å²) in [5, 5.41) is 8.88. The van der Waals surface area contributed by atoms with E-state index in [1.165, 1.54) is 16.7 Å². The van der Waals surface area contributed by atoms with Crippen molar-refractivity contribution in [1.82, 2.24) is 0 Å². The van der Waals surface area contributed by atoms with Gasteiger partial charge in [0.2, 0.25) is 0 Å². The maximum absolute atomic E-state index is 10.8. The van der Waals surface area contributed by atoms with Crippen LogP contribution in [0.25, 0.3) is 0 Å². The fraction of sp³-hybridized carbons (Fsp3) is 0.682. The lowest BCUT2D eigenvalue weighted by Crippen LogP contribution is -2.24.